The molecule has 0 radical (unpaired) electrons. The van der Waals surface area contributed by atoms with Crippen LogP contribution in [0.15, 0.2) is 48.5 Å². The van der Waals surface area contributed by atoms with Crippen molar-refractivity contribution in [1.82, 2.24) is 0 Å². The fourth-order valence-corrected chi connectivity index (χ4v) is 3.87. The monoisotopic (exact) mass is 421 g/mol. The van der Waals surface area contributed by atoms with E-state index in [2.05, 4.69) is 16.7 Å². The molecule has 3 aromatic rings. The summed E-state index contributed by atoms with van der Waals surface area (Å²) in [7, 11) is 3.03. The molecule has 0 aliphatic carbocycles. The van der Waals surface area contributed by atoms with Gasteiger partial charge in [-0.25, -0.2) is 0 Å². The van der Waals surface area contributed by atoms with Crippen molar-refractivity contribution in [2.75, 3.05) is 24.9 Å². The average molecular weight is 421 g/mol. The first-order valence-electron chi connectivity index (χ1n) is 8.91. The molecular formula is C22H19N3O4S. The third-order valence-corrected chi connectivity index (χ3v) is 5.58. The van der Waals surface area contributed by atoms with Crippen LogP contribution < -0.4 is 20.1 Å². The molecule has 0 atom stereocenters. The van der Waals surface area contributed by atoms with Gasteiger partial charge in [0.05, 0.1) is 30.3 Å². The Hall–Kier alpha value is -3.83. The van der Waals surface area contributed by atoms with Gasteiger partial charge >= 0.3 is 0 Å². The minimum absolute atomic E-state index is 0.251. The van der Waals surface area contributed by atoms with Crippen molar-refractivity contribution < 1.29 is 19.1 Å². The molecule has 0 saturated carbocycles. The SMILES string of the molecule is COc1cccc(C(=O)Nc2sc(C(=O)Nc3ccccc3OC)c(C)c2C#N)c1. The number of ether oxygens (including phenoxy) is 2. The van der Waals surface area contributed by atoms with E-state index in [-0.39, 0.29) is 11.5 Å². The summed E-state index contributed by atoms with van der Waals surface area (Å²) < 4.78 is 10.4. The number of para-hydroxylation sites is 2. The Morgan fingerprint density at radius 2 is 1.77 bits per heavy atom. The van der Waals surface area contributed by atoms with Crippen molar-refractivity contribution in [3.63, 3.8) is 0 Å². The van der Waals surface area contributed by atoms with Crippen LogP contribution in [0, 0.1) is 18.3 Å². The summed E-state index contributed by atoms with van der Waals surface area (Å²) >= 11 is 1.05. The molecule has 0 bridgehead atoms. The number of carbonyl (C=O) groups is 2. The minimum atomic E-state index is -0.400. The molecule has 3 rings (SSSR count). The highest BCUT2D eigenvalue weighted by Gasteiger charge is 2.22. The Bertz CT molecular complexity index is 1150. The molecule has 1 heterocycles. The number of anilines is 2. The molecule has 0 unspecified atom stereocenters. The van der Waals surface area contributed by atoms with Crippen molar-refractivity contribution in [3.8, 4) is 17.6 Å². The maximum Gasteiger partial charge on any atom is 0.266 e. The Morgan fingerprint density at radius 1 is 1.00 bits per heavy atom. The first-order valence-corrected chi connectivity index (χ1v) is 9.73. The maximum absolute atomic E-state index is 12.8. The van der Waals surface area contributed by atoms with E-state index >= 15 is 0 Å². The molecule has 0 saturated heterocycles. The second kappa shape index (κ2) is 9.11. The second-order valence-corrected chi connectivity index (χ2v) is 7.23. The number of methoxy groups -OCH3 is 2. The predicted molar refractivity (Wildman–Crippen MR) is 116 cm³/mol. The van der Waals surface area contributed by atoms with Crippen LogP contribution in [0.2, 0.25) is 0 Å². The number of carbonyl (C=O) groups excluding carboxylic acids is 2. The molecule has 30 heavy (non-hydrogen) atoms. The molecular weight excluding hydrogens is 402 g/mol. The zero-order chi connectivity index (χ0) is 21.7. The summed E-state index contributed by atoms with van der Waals surface area (Å²) in [6.07, 6.45) is 0. The van der Waals surface area contributed by atoms with Gasteiger partial charge in [-0.3, -0.25) is 9.59 Å². The van der Waals surface area contributed by atoms with Crippen LogP contribution in [0.4, 0.5) is 10.7 Å². The van der Waals surface area contributed by atoms with E-state index in [1.165, 1.54) is 14.2 Å². The third-order valence-electron chi connectivity index (χ3n) is 4.38. The maximum atomic E-state index is 12.8. The van der Waals surface area contributed by atoms with Gasteiger partial charge in [-0.1, -0.05) is 18.2 Å². The normalized spacial score (nSPS) is 10.1. The third kappa shape index (κ3) is 4.26. The summed E-state index contributed by atoms with van der Waals surface area (Å²) in [5.41, 5.74) is 1.64. The highest BCUT2D eigenvalue weighted by atomic mass is 32.1. The minimum Gasteiger partial charge on any atom is -0.497 e. The van der Waals surface area contributed by atoms with E-state index in [0.29, 0.717) is 38.2 Å². The summed E-state index contributed by atoms with van der Waals surface area (Å²) in [4.78, 5) is 25.8. The van der Waals surface area contributed by atoms with Gasteiger partial charge in [-0.05, 0) is 42.8 Å². The molecule has 2 amide bonds. The summed E-state index contributed by atoms with van der Waals surface area (Å²) in [5.74, 6) is 0.276. The summed E-state index contributed by atoms with van der Waals surface area (Å²) in [5, 5.41) is 15.4. The fraction of sp³-hybridized carbons (Fsp3) is 0.136. The molecule has 0 aliphatic heterocycles. The van der Waals surface area contributed by atoms with Gasteiger partial charge in [-0.2, -0.15) is 5.26 Å². The lowest BCUT2D eigenvalue weighted by molar-refractivity contribution is 0.101. The van der Waals surface area contributed by atoms with E-state index < -0.39 is 5.91 Å². The number of hydrogen-bond acceptors (Lipinski definition) is 6. The van der Waals surface area contributed by atoms with Gasteiger partial charge in [-0.15, -0.1) is 11.3 Å². The Labute approximate surface area is 177 Å². The zero-order valence-corrected chi connectivity index (χ0v) is 17.4. The average Bonchev–Trinajstić information content (AvgIpc) is 3.09. The lowest BCUT2D eigenvalue weighted by Crippen LogP contribution is -2.12. The standard InChI is InChI=1S/C22H19N3O4S/c1-13-16(12-23)22(25-20(26)14-7-6-8-15(11-14)28-2)30-19(13)21(27)24-17-9-4-5-10-18(17)29-3/h4-11H,1-3H3,(H,24,27)(H,25,26). The summed E-state index contributed by atoms with van der Waals surface area (Å²) in [6, 6.07) is 15.8. The number of nitriles is 1. The quantitative estimate of drug-likeness (QED) is 0.612. The van der Waals surface area contributed by atoms with Gasteiger partial charge in [0.2, 0.25) is 0 Å². The van der Waals surface area contributed by atoms with Gasteiger partial charge < -0.3 is 20.1 Å². The van der Waals surface area contributed by atoms with Gasteiger partial charge in [0.25, 0.3) is 11.8 Å². The number of rotatable bonds is 6. The molecule has 152 valence electrons. The molecule has 8 heteroatoms. The largest absolute Gasteiger partial charge is 0.497 e. The van der Waals surface area contributed by atoms with Crippen LogP contribution in [0.25, 0.3) is 0 Å². The lowest BCUT2D eigenvalue weighted by atomic mass is 10.1. The Balaban J connectivity index is 1.87. The molecule has 2 N–H and O–H groups in total. The van der Waals surface area contributed by atoms with Crippen LogP contribution in [0.3, 0.4) is 0 Å². The van der Waals surface area contributed by atoms with Gasteiger partial charge in [0, 0.05) is 5.56 Å². The first-order chi connectivity index (χ1) is 14.5. The van der Waals surface area contributed by atoms with Gasteiger partial charge in [0.15, 0.2) is 0 Å². The van der Waals surface area contributed by atoms with E-state index in [9.17, 15) is 14.9 Å². The van der Waals surface area contributed by atoms with E-state index in [1.54, 1.807) is 55.5 Å². The second-order valence-electron chi connectivity index (χ2n) is 6.21. The number of benzene rings is 2. The van der Waals surface area contributed by atoms with Crippen molar-refractivity contribution in [3.05, 3.63) is 70.1 Å². The van der Waals surface area contributed by atoms with E-state index in [0.717, 1.165) is 11.3 Å². The number of nitrogens with zero attached hydrogens (tertiary/aromatic N) is 1. The van der Waals surface area contributed by atoms with E-state index in [4.69, 9.17) is 9.47 Å². The number of hydrogen-bond donors (Lipinski definition) is 2. The smallest absolute Gasteiger partial charge is 0.266 e. The highest BCUT2D eigenvalue weighted by molar-refractivity contribution is 7.18. The van der Waals surface area contributed by atoms with Gasteiger partial charge in [0.1, 0.15) is 22.6 Å². The van der Waals surface area contributed by atoms with Crippen LogP contribution in [-0.4, -0.2) is 26.0 Å². The molecule has 0 aliphatic rings. The topological polar surface area (TPSA) is 100 Å². The van der Waals surface area contributed by atoms with E-state index in [1.807, 2.05) is 0 Å². The lowest BCUT2D eigenvalue weighted by Gasteiger charge is -2.09. The molecule has 1 aromatic heterocycles. The first kappa shape index (κ1) is 20.9. The molecule has 2 aromatic carbocycles. The van der Waals surface area contributed by atoms with Crippen LogP contribution in [0.1, 0.15) is 31.2 Å². The number of amides is 2. The molecule has 0 fully saturated rings. The predicted octanol–water partition coefficient (Wildman–Crippen LogP) is 4.45. The molecule has 0 spiro atoms. The number of thiophene rings is 1. The Kier molecular flexibility index (Phi) is 6.35. The van der Waals surface area contributed by atoms with Crippen molar-refractivity contribution in [1.29, 1.82) is 5.26 Å². The van der Waals surface area contributed by atoms with Crippen molar-refractivity contribution in [2.24, 2.45) is 0 Å². The van der Waals surface area contributed by atoms with Crippen LogP contribution in [0.5, 0.6) is 11.5 Å². The van der Waals surface area contributed by atoms with Crippen molar-refractivity contribution in [2.45, 2.75) is 6.92 Å². The van der Waals surface area contributed by atoms with Crippen LogP contribution >= 0.6 is 11.3 Å². The fourth-order valence-electron chi connectivity index (χ4n) is 2.82. The number of nitrogens with one attached hydrogen (secondary N) is 2. The summed E-state index contributed by atoms with van der Waals surface area (Å²) in [6.45, 7) is 1.67. The molecule has 7 nitrogen and oxygen atoms in total. The van der Waals surface area contributed by atoms with Crippen LogP contribution in [-0.2, 0) is 0 Å². The Morgan fingerprint density at radius 3 is 2.47 bits per heavy atom. The highest BCUT2D eigenvalue weighted by Crippen LogP contribution is 2.34. The zero-order valence-electron chi connectivity index (χ0n) is 16.6. The van der Waals surface area contributed by atoms with Crippen molar-refractivity contribution >= 4 is 33.8 Å².